The van der Waals surface area contributed by atoms with Gasteiger partial charge in [0.15, 0.2) is 0 Å². The molecule has 2 rings (SSSR count). The maximum atomic E-state index is 12.2. The predicted molar refractivity (Wildman–Crippen MR) is 75.2 cm³/mol. The first-order valence-corrected chi connectivity index (χ1v) is 6.95. The molecule has 1 amide bonds. The van der Waals surface area contributed by atoms with Crippen molar-refractivity contribution in [2.24, 2.45) is 0 Å². The Morgan fingerprint density at radius 1 is 1.40 bits per heavy atom. The van der Waals surface area contributed by atoms with Gasteiger partial charge in [0.1, 0.15) is 6.04 Å². The first kappa shape index (κ1) is 14.5. The van der Waals surface area contributed by atoms with E-state index >= 15 is 0 Å². The van der Waals surface area contributed by atoms with E-state index < -0.39 is 12.0 Å². The number of amides is 1. The molecule has 1 aromatic rings. The summed E-state index contributed by atoms with van der Waals surface area (Å²) in [5, 5.41) is 14.8. The summed E-state index contributed by atoms with van der Waals surface area (Å²) in [6.45, 7) is 2.54. The lowest BCUT2D eigenvalue weighted by Gasteiger charge is -2.26. The molecule has 20 heavy (non-hydrogen) atoms. The van der Waals surface area contributed by atoms with Crippen LogP contribution in [0.5, 0.6) is 0 Å². The van der Waals surface area contributed by atoms with Gasteiger partial charge in [-0.1, -0.05) is 37.6 Å². The number of carboxylic acid groups (broad SMARTS) is 1. The maximum Gasteiger partial charge on any atom is 0.326 e. The molecule has 0 saturated heterocycles. The van der Waals surface area contributed by atoms with Crippen molar-refractivity contribution in [2.75, 3.05) is 0 Å². The van der Waals surface area contributed by atoms with Gasteiger partial charge < -0.3 is 15.7 Å². The second-order valence-electron chi connectivity index (χ2n) is 5.09. The zero-order chi connectivity index (χ0) is 14.5. The van der Waals surface area contributed by atoms with Crippen molar-refractivity contribution in [2.45, 2.75) is 44.8 Å². The van der Waals surface area contributed by atoms with Crippen LogP contribution in [0.4, 0.5) is 0 Å². The summed E-state index contributed by atoms with van der Waals surface area (Å²) in [5.41, 5.74) is 2.34. The molecule has 0 unspecified atom stereocenters. The monoisotopic (exact) mass is 276 g/mol. The van der Waals surface area contributed by atoms with Crippen LogP contribution in [0.3, 0.4) is 0 Å². The van der Waals surface area contributed by atoms with Crippen molar-refractivity contribution in [3.63, 3.8) is 0 Å². The Bertz CT molecular complexity index is 502. The van der Waals surface area contributed by atoms with Gasteiger partial charge in [-0.05, 0) is 24.0 Å². The molecule has 1 aromatic carbocycles. The van der Waals surface area contributed by atoms with E-state index in [1.165, 1.54) is 5.56 Å². The molecule has 0 radical (unpaired) electrons. The third-order valence-corrected chi connectivity index (χ3v) is 3.59. The van der Waals surface area contributed by atoms with Crippen molar-refractivity contribution >= 4 is 11.9 Å². The molecule has 0 fully saturated rings. The van der Waals surface area contributed by atoms with Crippen LogP contribution in [-0.2, 0) is 22.6 Å². The fourth-order valence-electron chi connectivity index (χ4n) is 2.46. The van der Waals surface area contributed by atoms with Gasteiger partial charge in [-0.3, -0.25) is 4.79 Å². The third kappa shape index (κ3) is 3.36. The van der Waals surface area contributed by atoms with Crippen molar-refractivity contribution < 1.29 is 14.7 Å². The van der Waals surface area contributed by atoms with Crippen LogP contribution in [0, 0.1) is 0 Å². The first-order chi connectivity index (χ1) is 9.61. The highest BCUT2D eigenvalue weighted by Gasteiger charge is 2.27. The van der Waals surface area contributed by atoms with Gasteiger partial charge in [0.05, 0.1) is 6.04 Å². The number of hydrogen-bond donors (Lipinski definition) is 3. The second-order valence-corrected chi connectivity index (χ2v) is 5.09. The van der Waals surface area contributed by atoms with E-state index in [1.807, 2.05) is 31.2 Å². The van der Waals surface area contributed by atoms with Crippen LogP contribution < -0.4 is 10.6 Å². The summed E-state index contributed by atoms with van der Waals surface area (Å²) in [5.74, 6) is -1.21. The average Bonchev–Trinajstić information content (AvgIpc) is 2.46. The molecular weight excluding hydrogens is 256 g/mol. The van der Waals surface area contributed by atoms with E-state index in [4.69, 9.17) is 5.11 Å². The summed E-state index contributed by atoms with van der Waals surface area (Å²) in [7, 11) is 0. The molecule has 0 bridgehead atoms. The fourth-order valence-corrected chi connectivity index (χ4v) is 2.46. The lowest BCUT2D eigenvalue weighted by atomic mass is 9.95. The fraction of sp³-hybridized carbons (Fsp3) is 0.467. The Kier molecular flexibility index (Phi) is 4.74. The highest BCUT2D eigenvalue weighted by molar-refractivity contribution is 5.87. The lowest BCUT2D eigenvalue weighted by molar-refractivity contribution is -0.142. The van der Waals surface area contributed by atoms with Gasteiger partial charge in [-0.15, -0.1) is 0 Å². The van der Waals surface area contributed by atoms with Crippen LogP contribution in [0.15, 0.2) is 24.3 Å². The minimum absolute atomic E-state index is 0.236. The summed E-state index contributed by atoms with van der Waals surface area (Å²) >= 11 is 0. The van der Waals surface area contributed by atoms with Crippen LogP contribution in [0.2, 0.25) is 0 Å². The van der Waals surface area contributed by atoms with Crippen LogP contribution in [0.25, 0.3) is 0 Å². The van der Waals surface area contributed by atoms with Crippen molar-refractivity contribution in [3.8, 4) is 0 Å². The van der Waals surface area contributed by atoms with Crippen molar-refractivity contribution in [1.29, 1.82) is 0 Å². The first-order valence-electron chi connectivity index (χ1n) is 6.95. The Morgan fingerprint density at radius 3 is 2.75 bits per heavy atom. The number of nitrogens with one attached hydrogen (secondary N) is 2. The molecule has 1 heterocycles. The Labute approximate surface area is 118 Å². The number of hydrogen-bond acceptors (Lipinski definition) is 3. The number of benzene rings is 1. The molecule has 0 aromatic heterocycles. The Hall–Kier alpha value is -1.88. The van der Waals surface area contributed by atoms with Crippen molar-refractivity contribution in [1.82, 2.24) is 10.6 Å². The summed E-state index contributed by atoms with van der Waals surface area (Å²) in [4.78, 5) is 23.2. The molecule has 2 atom stereocenters. The molecule has 5 heteroatoms. The normalized spacial score (nSPS) is 18.9. The van der Waals surface area contributed by atoms with Crippen LogP contribution in [-0.4, -0.2) is 29.1 Å². The van der Waals surface area contributed by atoms with E-state index in [-0.39, 0.29) is 11.9 Å². The topological polar surface area (TPSA) is 78.4 Å². The summed E-state index contributed by atoms with van der Waals surface area (Å²) < 4.78 is 0. The number of fused-ring (bicyclic) bond motifs is 1. The summed E-state index contributed by atoms with van der Waals surface area (Å²) in [6, 6.07) is 6.82. The van der Waals surface area contributed by atoms with Gasteiger partial charge >= 0.3 is 5.97 Å². The SMILES string of the molecule is CCC[C@@H](NC(=O)[C@H]1Cc2ccccc2CN1)C(=O)O. The zero-order valence-corrected chi connectivity index (χ0v) is 11.6. The van der Waals surface area contributed by atoms with Gasteiger partial charge in [0.25, 0.3) is 0 Å². The second kappa shape index (κ2) is 6.52. The van der Waals surface area contributed by atoms with Gasteiger partial charge in [0.2, 0.25) is 5.91 Å². The third-order valence-electron chi connectivity index (χ3n) is 3.59. The molecule has 5 nitrogen and oxygen atoms in total. The standard InChI is InChI=1S/C15H20N2O3/c1-2-5-12(15(19)20)17-14(18)13-8-10-6-3-4-7-11(10)9-16-13/h3-4,6-7,12-13,16H,2,5,8-9H2,1H3,(H,17,18)(H,19,20)/t12-,13-/m1/s1. The number of rotatable bonds is 5. The highest BCUT2D eigenvalue weighted by atomic mass is 16.4. The Balaban J connectivity index is 1.99. The van der Waals surface area contributed by atoms with E-state index in [2.05, 4.69) is 10.6 Å². The number of carbonyl (C=O) groups excluding carboxylic acids is 1. The zero-order valence-electron chi connectivity index (χ0n) is 11.6. The molecule has 0 aliphatic carbocycles. The molecule has 1 aliphatic rings. The van der Waals surface area contributed by atoms with E-state index in [9.17, 15) is 9.59 Å². The molecule has 3 N–H and O–H groups in total. The van der Waals surface area contributed by atoms with Gasteiger partial charge in [0, 0.05) is 6.54 Å². The molecule has 1 aliphatic heterocycles. The maximum absolute atomic E-state index is 12.2. The van der Waals surface area contributed by atoms with Crippen LogP contribution >= 0.6 is 0 Å². The molecular formula is C15H20N2O3. The minimum atomic E-state index is -0.976. The van der Waals surface area contributed by atoms with Gasteiger partial charge in [-0.25, -0.2) is 4.79 Å². The van der Waals surface area contributed by atoms with Crippen LogP contribution in [0.1, 0.15) is 30.9 Å². The molecule has 0 spiro atoms. The minimum Gasteiger partial charge on any atom is -0.480 e. The van der Waals surface area contributed by atoms with E-state index in [1.54, 1.807) is 0 Å². The smallest absolute Gasteiger partial charge is 0.326 e. The Morgan fingerprint density at radius 2 is 2.10 bits per heavy atom. The highest BCUT2D eigenvalue weighted by Crippen LogP contribution is 2.16. The average molecular weight is 276 g/mol. The van der Waals surface area contributed by atoms with E-state index in [0.717, 1.165) is 12.0 Å². The van der Waals surface area contributed by atoms with E-state index in [0.29, 0.717) is 19.4 Å². The van der Waals surface area contributed by atoms with Crippen molar-refractivity contribution in [3.05, 3.63) is 35.4 Å². The lowest BCUT2D eigenvalue weighted by Crippen LogP contribution is -2.52. The summed E-state index contributed by atoms with van der Waals surface area (Å²) in [6.07, 6.45) is 1.77. The largest absolute Gasteiger partial charge is 0.480 e. The predicted octanol–water partition coefficient (Wildman–Crippen LogP) is 1.07. The van der Waals surface area contributed by atoms with Gasteiger partial charge in [-0.2, -0.15) is 0 Å². The number of carboxylic acids is 1. The molecule has 0 saturated carbocycles. The molecule has 108 valence electrons. The quantitative estimate of drug-likeness (QED) is 0.751. The number of carbonyl (C=O) groups is 2. The number of aliphatic carboxylic acids is 1.